The summed E-state index contributed by atoms with van der Waals surface area (Å²) in [5.74, 6) is 0.406. The molecule has 2 heterocycles. The third kappa shape index (κ3) is 6.00. The van der Waals surface area contributed by atoms with Gasteiger partial charge in [-0.15, -0.1) is 0 Å². The standard InChI is InChI=1S/C23H24ClN5O3S/c1-2-32-21(30)17-5-9-19(10-6-17)25-22(31)28-11-13-29(14-12-28)23-26-20(27-33-23)15-16-3-7-18(24)8-4-16/h3-10H,2,11-15H2,1H3,(H,25,31). The number of urea groups is 1. The Balaban J connectivity index is 1.27. The highest BCUT2D eigenvalue weighted by Gasteiger charge is 2.23. The van der Waals surface area contributed by atoms with Crippen LogP contribution in [0.15, 0.2) is 48.5 Å². The lowest BCUT2D eigenvalue weighted by Crippen LogP contribution is -2.50. The van der Waals surface area contributed by atoms with Crippen molar-refractivity contribution in [2.24, 2.45) is 0 Å². The summed E-state index contributed by atoms with van der Waals surface area (Å²) in [5, 5.41) is 4.46. The average Bonchev–Trinajstić information content (AvgIpc) is 3.30. The minimum Gasteiger partial charge on any atom is -0.462 e. The van der Waals surface area contributed by atoms with Crippen LogP contribution in [-0.2, 0) is 11.2 Å². The Kier molecular flexibility index (Phi) is 7.41. The monoisotopic (exact) mass is 485 g/mol. The number of piperazine rings is 1. The summed E-state index contributed by atoms with van der Waals surface area (Å²) in [6, 6.07) is 14.2. The van der Waals surface area contributed by atoms with Gasteiger partial charge < -0.3 is 19.9 Å². The van der Waals surface area contributed by atoms with Gasteiger partial charge in [-0.1, -0.05) is 23.7 Å². The quantitative estimate of drug-likeness (QED) is 0.523. The van der Waals surface area contributed by atoms with Crippen LogP contribution in [-0.4, -0.2) is 59.0 Å². The molecule has 0 bridgehead atoms. The number of nitrogens with zero attached hydrogens (tertiary/aromatic N) is 4. The van der Waals surface area contributed by atoms with Gasteiger partial charge >= 0.3 is 12.0 Å². The predicted molar refractivity (Wildman–Crippen MR) is 129 cm³/mol. The molecule has 1 saturated heterocycles. The molecule has 10 heteroatoms. The summed E-state index contributed by atoms with van der Waals surface area (Å²) >= 11 is 7.32. The summed E-state index contributed by atoms with van der Waals surface area (Å²) in [6.45, 7) is 4.62. The Morgan fingerprint density at radius 2 is 1.76 bits per heavy atom. The third-order valence-corrected chi connectivity index (χ3v) is 6.28. The van der Waals surface area contributed by atoms with Gasteiger partial charge in [0.25, 0.3) is 0 Å². The highest BCUT2D eigenvalue weighted by Crippen LogP contribution is 2.21. The number of aromatic nitrogens is 2. The normalized spacial score (nSPS) is 13.6. The van der Waals surface area contributed by atoms with Gasteiger partial charge in [0.2, 0.25) is 5.13 Å². The highest BCUT2D eigenvalue weighted by atomic mass is 35.5. The second-order valence-electron chi connectivity index (χ2n) is 7.50. The van der Waals surface area contributed by atoms with Gasteiger partial charge in [-0.2, -0.15) is 4.37 Å². The maximum atomic E-state index is 12.6. The van der Waals surface area contributed by atoms with Gasteiger partial charge in [0.15, 0.2) is 0 Å². The molecule has 2 aromatic carbocycles. The molecule has 1 fully saturated rings. The van der Waals surface area contributed by atoms with Gasteiger partial charge in [-0.3, -0.25) is 0 Å². The molecular weight excluding hydrogens is 462 g/mol. The maximum absolute atomic E-state index is 12.6. The number of nitrogens with one attached hydrogen (secondary N) is 1. The molecule has 0 aliphatic carbocycles. The lowest BCUT2D eigenvalue weighted by molar-refractivity contribution is 0.0526. The molecule has 1 aliphatic heterocycles. The highest BCUT2D eigenvalue weighted by molar-refractivity contribution is 7.09. The molecule has 0 radical (unpaired) electrons. The Hall–Kier alpha value is -3.17. The summed E-state index contributed by atoms with van der Waals surface area (Å²) in [6.07, 6.45) is 0.658. The summed E-state index contributed by atoms with van der Waals surface area (Å²) in [4.78, 5) is 33.0. The number of hydrogen-bond acceptors (Lipinski definition) is 7. The average molecular weight is 486 g/mol. The van der Waals surface area contributed by atoms with Gasteiger partial charge in [-0.05, 0) is 48.9 Å². The lowest BCUT2D eigenvalue weighted by atomic mass is 10.1. The second-order valence-corrected chi connectivity index (χ2v) is 8.67. The first-order valence-electron chi connectivity index (χ1n) is 10.7. The molecule has 1 aliphatic rings. The molecule has 3 aromatic rings. The largest absolute Gasteiger partial charge is 0.462 e. The summed E-state index contributed by atoms with van der Waals surface area (Å²) in [7, 11) is 0. The zero-order valence-corrected chi connectivity index (χ0v) is 19.7. The summed E-state index contributed by atoms with van der Waals surface area (Å²) < 4.78 is 9.45. The van der Waals surface area contributed by atoms with Gasteiger partial charge in [0.1, 0.15) is 5.82 Å². The molecule has 0 atom stereocenters. The van der Waals surface area contributed by atoms with Crippen LogP contribution in [0.1, 0.15) is 28.7 Å². The molecule has 4 rings (SSSR count). The van der Waals surface area contributed by atoms with E-state index in [4.69, 9.17) is 16.3 Å². The molecule has 33 heavy (non-hydrogen) atoms. The van der Waals surface area contributed by atoms with Crippen LogP contribution in [0.5, 0.6) is 0 Å². The van der Waals surface area contributed by atoms with Crippen molar-refractivity contribution < 1.29 is 14.3 Å². The molecule has 8 nitrogen and oxygen atoms in total. The van der Waals surface area contributed by atoms with Crippen LogP contribution < -0.4 is 10.2 Å². The van der Waals surface area contributed by atoms with Crippen molar-refractivity contribution in [3.63, 3.8) is 0 Å². The Bertz CT molecular complexity index is 1100. The number of anilines is 2. The molecular formula is C23H24ClN5O3S. The van der Waals surface area contributed by atoms with Crippen LogP contribution in [0.3, 0.4) is 0 Å². The molecule has 2 amide bonds. The van der Waals surface area contributed by atoms with Gasteiger partial charge in [-0.25, -0.2) is 14.6 Å². The smallest absolute Gasteiger partial charge is 0.338 e. The number of esters is 1. The van der Waals surface area contributed by atoms with Crippen molar-refractivity contribution in [2.75, 3.05) is 43.0 Å². The second kappa shape index (κ2) is 10.6. The van der Waals surface area contributed by atoms with Gasteiger partial charge in [0, 0.05) is 54.8 Å². The van der Waals surface area contributed by atoms with E-state index < -0.39 is 0 Å². The molecule has 1 aromatic heterocycles. The van der Waals surface area contributed by atoms with E-state index in [2.05, 4.69) is 19.6 Å². The minimum atomic E-state index is -0.375. The van der Waals surface area contributed by atoms with E-state index >= 15 is 0 Å². The fourth-order valence-corrected chi connectivity index (χ4v) is 4.30. The van der Waals surface area contributed by atoms with Gasteiger partial charge in [0.05, 0.1) is 12.2 Å². The maximum Gasteiger partial charge on any atom is 0.338 e. The van der Waals surface area contributed by atoms with Crippen LogP contribution in [0.4, 0.5) is 15.6 Å². The topological polar surface area (TPSA) is 87.7 Å². The molecule has 172 valence electrons. The van der Waals surface area contributed by atoms with Crippen molar-refractivity contribution in [2.45, 2.75) is 13.3 Å². The first kappa shape index (κ1) is 23.0. The number of carbonyl (C=O) groups excluding carboxylic acids is 2. The van der Waals surface area contributed by atoms with Crippen molar-refractivity contribution >= 4 is 46.0 Å². The minimum absolute atomic E-state index is 0.167. The fourth-order valence-electron chi connectivity index (χ4n) is 3.44. The van der Waals surface area contributed by atoms with Crippen molar-refractivity contribution in [3.05, 3.63) is 70.5 Å². The molecule has 0 spiro atoms. The lowest BCUT2D eigenvalue weighted by Gasteiger charge is -2.34. The van der Waals surface area contributed by atoms with Crippen molar-refractivity contribution in [1.82, 2.24) is 14.3 Å². The Morgan fingerprint density at radius 3 is 2.42 bits per heavy atom. The van der Waals surface area contributed by atoms with E-state index in [1.165, 1.54) is 11.5 Å². The number of benzene rings is 2. The number of carbonyl (C=O) groups is 2. The number of hydrogen-bond donors (Lipinski definition) is 1. The van der Waals surface area contributed by atoms with E-state index in [0.717, 1.165) is 16.5 Å². The van der Waals surface area contributed by atoms with Crippen LogP contribution in [0.25, 0.3) is 0 Å². The number of halogens is 1. The van der Waals surface area contributed by atoms with Crippen LogP contribution in [0, 0.1) is 0 Å². The third-order valence-electron chi connectivity index (χ3n) is 5.22. The van der Waals surface area contributed by atoms with Crippen LogP contribution in [0.2, 0.25) is 5.02 Å². The van der Waals surface area contributed by atoms with E-state index in [9.17, 15) is 9.59 Å². The molecule has 1 N–H and O–H groups in total. The van der Waals surface area contributed by atoms with E-state index in [1.807, 2.05) is 24.3 Å². The molecule has 0 saturated carbocycles. The van der Waals surface area contributed by atoms with E-state index in [0.29, 0.717) is 55.5 Å². The fraction of sp³-hybridized carbons (Fsp3) is 0.304. The number of ether oxygens (including phenoxy) is 1. The summed E-state index contributed by atoms with van der Waals surface area (Å²) in [5.41, 5.74) is 2.20. The van der Waals surface area contributed by atoms with E-state index in [-0.39, 0.29) is 12.0 Å². The van der Waals surface area contributed by atoms with Crippen molar-refractivity contribution in [1.29, 1.82) is 0 Å². The van der Waals surface area contributed by atoms with Crippen LogP contribution >= 0.6 is 23.1 Å². The van der Waals surface area contributed by atoms with Crippen molar-refractivity contribution in [3.8, 4) is 0 Å². The Labute approximate surface area is 201 Å². The zero-order valence-electron chi connectivity index (χ0n) is 18.2. The predicted octanol–water partition coefficient (Wildman–Crippen LogP) is 4.31. The SMILES string of the molecule is CCOC(=O)c1ccc(NC(=O)N2CCN(c3nc(Cc4ccc(Cl)cc4)ns3)CC2)cc1. The number of rotatable bonds is 6. The van der Waals surface area contributed by atoms with E-state index in [1.54, 1.807) is 36.1 Å². The number of amides is 2. The Morgan fingerprint density at radius 1 is 1.06 bits per heavy atom. The molecule has 0 unspecified atom stereocenters. The zero-order chi connectivity index (χ0) is 23.2. The first-order valence-corrected chi connectivity index (χ1v) is 11.8. The first-order chi connectivity index (χ1) is 16.0.